The summed E-state index contributed by atoms with van der Waals surface area (Å²) in [4.78, 5) is 12.5. The molecule has 0 heterocycles. The predicted molar refractivity (Wildman–Crippen MR) is 102 cm³/mol. The highest BCUT2D eigenvalue weighted by molar-refractivity contribution is 7.89. The molecule has 0 aliphatic carbocycles. The zero-order valence-electron chi connectivity index (χ0n) is 15.6. The maximum absolute atomic E-state index is 12.5. The zero-order valence-corrected chi connectivity index (χ0v) is 16.4. The first-order chi connectivity index (χ1) is 12.1. The van der Waals surface area contributed by atoms with E-state index < -0.39 is 22.0 Å². The second-order valence-electron chi connectivity index (χ2n) is 6.28. The van der Waals surface area contributed by atoms with E-state index in [-0.39, 0.29) is 4.90 Å². The standard InChI is InChI=1S/C19H24N2O4S/c1-12-6-7-13(2)17(10-12)20-19(22)15(4)21-26(23,24)16-8-9-18(25-5)14(3)11-16/h6-11,15,21H,1-5H3,(H,20,22). The Balaban J connectivity index is 2.14. The molecular weight excluding hydrogens is 352 g/mol. The molecule has 1 amide bonds. The van der Waals surface area contributed by atoms with Gasteiger partial charge in [-0.2, -0.15) is 4.72 Å². The number of carbonyl (C=O) groups is 1. The van der Waals surface area contributed by atoms with Crippen molar-refractivity contribution in [2.75, 3.05) is 12.4 Å². The van der Waals surface area contributed by atoms with Crippen molar-refractivity contribution in [3.63, 3.8) is 0 Å². The van der Waals surface area contributed by atoms with Crippen LogP contribution in [0.2, 0.25) is 0 Å². The number of benzene rings is 2. The van der Waals surface area contributed by atoms with Gasteiger partial charge in [0.05, 0.1) is 18.0 Å². The Morgan fingerprint density at radius 1 is 1.04 bits per heavy atom. The number of sulfonamides is 1. The van der Waals surface area contributed by atoms with Crippen LogP contribution in [0, 0.1) is 20.8 Å². The first-order valence-electron chi connectivity index (χ1n) is 8.19. The number of ether oxygens (including phenoxy) is 1. The van der Waals surface area contributed by atoms with Crippen LogP contribution in [-0.2, 0) is 14.8 Å². The summed E-state index contributed by atoms with van der Waals surface area (Å²) in [5.74, 6) is 0.178. The van der Waals surface area contributed by atoms with E-state index >= 15 is 0 Å². The average molecular weight is 376 g/mol. The minimum absolute atomic E-state index is 0.0854. The fourth-order valence-electron chi connectivity index (χ4n) is 2.48. The lowest BCUT2D eigenvalue weighted by Crippen LogP contribution is -2.41. The maximum Gasteiger partial charge on any atom is 0.242 e. The molecule has 0 aromatic heterocycles. The van der Waals surface area contributed by atoms with Gasteiger partial charge in [0, 0.05) is 5.69 Å². The molecule has 0 fully saturated rings. The molecule has 0 radical (unpaired) electrons. The Kier molecular flexibility index (Phi) is 6.05. The minimum Gasteiger partial charge on any atom is -0.496 e. The summed E-state index contributed by atoms with van der Waals surface area (Å²) in [6.07, 6.45) is 0. The van der Waals surface area contributed by atoms with Gasteiger partial charge in [0.2, 0.25) is 15.9 Å². The van der Waals surface area contributed by atoms with Crippen LogP contribution in [0.4, 0.5) is 5.69 Å². The van der Waals surface area contributed by atoms with Crippen molar-refractivity contribution in [1.82, 2.24) is 4.72 Å². The van der Waals surface area contributed by atoms with Crippen molar-refractivity contribution in [2.45, 2.75) is 38.6 Å². The van der Waals surface area contributed by atoms with Gasteiger partial charge in [0.15, 0.2) is 0 Å². The number of hydrogen-bond acceptors (Lipinski definition) is 4. The third-order valence-corrected chi connectivity index (χ3v) is 5.59. The van der Waals surface area contributed by atoms with Crippen molar-refractivity contribution in [1.29, 1.82) is 0 Å². The summed E-state index contributed by atoms with van der Waals surface area (Å²) >= 11 is 0. The van der Waals surface area contributed by atoms with E-state index in [2.05, 4.69) is 10.0 Å². The smallest absolute Gasteiger partial charge is 0.242 e. The molecule has 26 heavy (non-hydrogen) atoms. The number of nitrogens with one attached hydrogen (secondary N) is 2. The van der Waals surface area contributed by atoms with Crippen LogP contribution in [0.15, 0.2) is 41.3 Å². The number of carbonyl (C=O) groups excluding carboxylic acids is 1. The number of aryl methyl sites for hydroxylation is 3. The number of anilines is 1. The third-order valence-electron chi connectivity index (χ3n) is 4.05. The molecule has 0 aliphatic heterocycles. The predicted octanol–water partition coefficient (Wildman–Crippen LogP) is 2.93. The van der Waals surface area contributed by atoms with Crippen LogP contribution in [0.3, 0.4) is 0 Å². The largest absolute Gasteiger partial charge is 0.496 e. The monoisotopic (exact) mass is 376 g/mol. The molecule has 6 nitrogen and oxygen atoms in total. The molecule has 2 rings (SSSR count). The van der Waals surface area contributed by atoms with Gasteiger partial charge in [0.1, 0.15) is 5.75 Å². The van der Waals surface area contributed by atoms with Gasteiger partial charge < -0.3 is 10.1 Å². The molecule has 2 aromatic carbocycles. The molecule has 140 valence electrons. The maximum atomic E-state index is 12.5. The van der Waals surface area contributed by atoms with Gasteiger partial charge in [-0.15, -0.1) is 0 Å². The summed E-state index contributed by atoms with van der Waals surface area (Å²) in [5.41, 5.74) is 3.28. The Bertz CT molecular complexity index is 923. The van der Waals surface area contributed by atoms with E-state index in [1.807, 2.05) is 32.0 Å². The first kappa shape index (κ1) is 19.9. The summed E-state index contributed by atoms with van der Waals surface area (Å²) in [7, 11) is -2.31. The Morgan fingerprint density at radius 2 is 1.73 bits per heavy atom. The Hall–Kier alpha value is -2.38. The number of hydrogen-bond donors (Lipinski definition) is 2. The Morgan fingerprint density at radius 3 is 2.35 bits per heavy atom. The van der Waals surface area contributed by atoms with Crippen LogP contribution in [0.25, 0.3) is 0 Å². The second-order valence-corrected chi connectivity index (χ2v) is 8.00. The van der Waals surface area contributed by atoms with E-state index in [1.165, 1.54) is 26.2 Å². The van der Waals surface area contributed by atoms with Crippen molar-refractivity contribution in [3.8, 4) is 5.75 Å². The van der Waals surface area contributed by atoms with Crippen LogP contribution in [0.5, 0.6) is 5.75 Å². The number of rotatable bonds is 6. The zero-order chi connectivity index (χ0) is 19.5. The SMILES string of the molecule is COc1ccc(S(=O)(=O)NC(C)C(=O)Nc2cc(C)ccc2C)cc1C. The van der Waals surface area contributed by atoms with Crippen molar-refractivity contribution in [3.05, 3.63) is 53.1 Å². The lowest BCUT2D eigenvalue weighted by atomic mass is 10.1. The van der Waals surface area contributed by atoms with Crippen molar-refractivity contribution < 1.29 is 17.9 Å². The molecule has 0 spiro atoms. The number of amides is 1. The minimum atomic E-state index is -3.83. The quantitative estimate of drug-likeness (QED) is 0.812. The third kappa shape index (κ3) is 4.62. The van der Waals surface area contributed by atoms with Gasteiger partial charge >= 0.3 is 0 Å². The fourth-order valence-corrected chi connectivity index (χ4v) is 3.77. The van der Waals surface area contributed by atoms with E-state index in [9.17, 15) is 13.2 Å². The topological polar surface area (TPSA) is 84.5 Å². The molecule has 7 heteroatoms. The van der Waals surface area contributed by atoms with Gasteiger partial charge in [0.25, 0.3) is 0 Å². The molecule has 2 N–H and O–H groups in total. The summed E-state index contributed by atoms with van der Waals surface area (Å²) in [5, 5.41) is 2.77. The van der Waals surface area contributed by atoms with Crippen LogP contribution >= 0.6 is 0 Å². The van der Waals surface area contributed by atoms with Crippen LogP contribution in [0.1, 0.15) is 23.6 Å². The van der Waals surface area contributed by atoms with Crippen LogP contribution < -0.4 is 14.8 Å². The highest BCUT2D eigenvalue weighted by Gasteiger charge is 2.23. The van der Waals surface area contributed by atoms with Gasteiger partial charge in [-0.05, 0) is 68.7 Å². The molecule has 0 saturated heterocycles. The highest BCUT2D eigenvalue weighted by Crippen LogP contribution is 2.21. The van der Waals surface area contributed by atoms with Gasteiger partial charge in [-0.3, -0.25) is 4.79 Å². The Labute approximate surface area is 154 Å². The van der Waals surface area contributed by atoms with Crippen molar-refractivity contribution >= 4 is 21.6 Å². The molecular formula is C19H24N2O4S. The van der Waals surface area contributed by atoms with E-state index in [1.54, 1.807) is 13.0 Å². The average Bonchev–Trinajstić information content (AvgIpc) is 2.57. The molecule has 1 atom stereocenters. The van der Waals surface area contributed by atoms with Gasteiger partial charge in [-0.25, -0.2) is 8.42 Å². The van der Waals surface area contributed by atoms with E-state index in [4.69, 9.17) is 4.74 Å². The fraction of sp³-hybridized carbons (Fsp3) is 0.316. The summed E-state index contributed by atoms with van der Waals surface area (Å²) in [6.45, 7) is 7.07. The van der Waals surface area contributed by atoms with E-state index in [0.29, 0.717) is 17.0 Å². The molecule has 0 aliphatic rings. The summed E-state index contributed by atoms with van der Waals surface area (Å²) in [6, 6.07) is 9.32. The number of methoxy groups -OCH3 is 1. The molecule has 1 unspecified atom stereocenters. The van der Waals surface area contributed by atoms with Crippen molar-refractivity contribution in [2.24, 2.45) is 0 Å². The first-order valence-corrected chi connectivity index (χ1v) is 9.67. The molecule has 2 aromatic rings. The van der Waals surface area contributed by atoms with Crippen LogP contribution in [-0.4, -0.2) is 27.5 Å². The van der Waals surface area contributed by atoms with Gasteiger partial charge in [-0.1, -0.05) is 12.1 Å². The molecule has 0 saturated carbocycles. The van der Waals surface area contributed by atoms with E-state index in [0.717, 1.165) is 11.1 Å². The lowest BCUT2D eigenvalue weighted by Gasteiger charge is -2.16. The normalized spacial score (nSPS) is 12.5. The molecule has 0 bridgehead atoms. The summed E-state index contributed by atoms with van der Waals surface area (Å²) < 4.78 is 32.6. The highest BCUT2D eigenvalue weighted by atomic mass is 32.2. The lowest BCUT2D eigenvalue weighted by molar-refractivity contribution is -0.117. The second kappa shape index (κ2) is 7.88.